The lowest BCUT2D eigenvalue weighted by molar-refractivity contribution is 0.656. The summed E-state index contributed by atoms with van der Waals surface area (Å²) >= 11 is 5.47. The minimum Gasteiger partial charge on any atom is -0.353 e. The minimum absolute atomic E-state index is 0. The number of aromatic nitrogens is 1. The molecule has 16 heavy (non-hydrogen) atoms. The molecule has 0 saturated heterocycles. The number of nitrogens with zero attached hydrogens (tertiary/aromatic N) is 1. The molecule has 0 spiro atoms. The summed E-state index contributed by atoms with van der Waals surface area (Å²) in [4.78, 5) is 0. The first-order valence-electron chi connectivity index (χ1n) is 6.01. The third kappa shape index (κ3) is 11.9. The van der Waals surface area contributed by atoms with Crippen LogP contribution in [0.4, 0.5) is 0 Å². The SMILES string of the molecule is CCCCCCC.Cl.ClCCn1cccc1. The predicted octanol–water partition coefficient (Wildman–Crippen LogP) is 5.13. The summed E-state index contributed by atoms with van der Waals surface area (Å²) in [5.74, 6) is 0.689. The lowest BCUT2D eigenvalue weighted by atomic mass is 10.2. The zero-order chi connectivity index (χ0) is 11.4. The summed E-state index contributed by atoms with van der Waals surface area (Å²) in [5.41, 5.74) is 0. The third-order valence-electron chi connectivity index (χ3n) is 2.22. The van der Waals surface area contributed by atoms with Gasteiger partial charge in [0.2, 0.25) is 0 Å². The van der Waals surface area contributed by atoms with E-state index in [4.69, 9.17) is 11.6 Å². The molecule has 0 amide bonds. The number of hydrogen-bond acceptors (Lipinski definition) is 0. The van der Waals surface area contributed by atoms with Gasteiger partial charge in [-0.15, -0.1) is 24.0 Å². The van der Waals surface area contributed by atoms with Gasteiger partial charge in [-0.3, -0.25) is 0 Å². The summed E-state index contributed by atoms with van der Waals surface area (Å²) < 4.78 is 2.05. The average molecular weight is 266 g/mol. The Morgan fingerprint density at radius 2 is 1.44 bits per heavy atom. The molecule has 3 heteroatoms. The van der Waals surface area contributed by atoms with Crippen LogP contribution in [-0.2, 0) is 6.54 Å². The van der Waals surface area contributed by atoms with Crippen LogP contribution in [-0.4, -0.2) is 10.4 Å². The van der Waals surface area contributed by atoms with Crippen molar-refractivity contribution in [1.82, 2.24) is 4.57 Å². The molecule has 1 heterocycles. The molecule has 0 aliphatic heterocycles. The van der Waals surface area contributed by atoms with Gasteiger partial charge in [0.15, 0.2) is 0 Å². The van der Waals surface area contributed by atoms with Gasteiger partial charge in [0, 0.05) is 24.8 Å². The average Bonchev–Trinajstić information content (AvgIpc) is 2.73. The molecule has 0 fully saturated rings. The van der Waals surface area contributed by atoms with Crippen molar-refractivity contribution >= 4 is 24.0 Å². The second kappa shape index (κ2) is 14.9. The van der Waals surface area contributed by atoms with Crippen LogP contribution in [0.25, 0.3) is 0 Å². The van der Waals surface area contributed by atoms with Gasteiger partial charge in [-0.1, -0.05) is 46.0 Å². The van der Waals surface area contributed by atoms with Gasteiger partial charge >= 0.3 is 0 Å². The summed E-state index contributed by atoms with van der Waals surface area (Å²) in [6.45, 7) is 5.40. The van der Waals surface area contributed by atoms with Gasteiger partial charge in [-0.2, -0.15) is 0 Å². The van der Waals surface area contributed by atoms with Crippen molar-refractivity contribution in [2.24, 2.45) is 0 Å². The second-order valence-corrected chi connectivity index (χ2v) is 4.05. The Hall–Kier alpha value is -0.140. The lowest BCUT2D eigenvalue weighted by Gasteiger charge is -1.93. The Morgan fingerprint density at radius 1 is 0.938 bits per heavy atom. The maximum absolute atomic E-state index is 5.47. The van der Waals surface area contributed by atoms with Crippen LogP contribution in [0.3, 0.4) is 0 Å². The monoisotopic (exact) mass is 265 g/mol. The maximum Gasteiger partial charge on any atom is 0.0403 e. The van der Waals surface area contributed by atoms with E-state index in [1.54, 1.807) is 0 Å². The van der Waals surface area contributed by atoms with Gasteiger partial charge in [0.1, 0.15) is 0 Å². The third-order valence-corrected chi connectivity index (χ3v) is 2.39. The minimum atomic E-state index is 0. The van der Waals surface area contributed by atoms with Gasteiger partial charge in [-0.25, -0.2) is 0 Å². The Bertz CT molecular complexity index is 194. The molecule has 96 valence electrons. The Morgan fingerprint density at radius 3 is 1.81 bits per heavy atom. The molecule has 1 aromatic heterocycles. The highest BCUT2D eigenvalue weighted by Gasteiger charge is 1.82. The highest BCUT2D eigenvalue weighted by Crippen LogP contribution is 2.00. The molecule has 1 rings (SSSR count). The highest BCUT2D eigenvalue weighted by atomic mass is 35.5. The molecule has 0 aliphatic carbocycles. The van der Waals surface area contributed by atoms with Gasteiger partial charge < -0.3 is 4.57 Å². The van der Waals surface area contributed by atoms with E-state index >= 15 is 0 Å². The zero-order valence-electron chi connectivity index (χ0n) is 10.5. The maximum atomic E-state index is 5.47. The summed E-state index contributed by atoms with van der Waals surface area (Å²) in [7, 11) is 0. The van der Waals surface area contributed by atoms with Crippen molar-refractivity contribution in [2.75, 3.05) is 5.88 Å². The predicted molar refractivity (Wildman–Crippen MR) is 76.8 cm³/mol. The molecule has 0 aliphatic rings. The second-order valence-electron chi connectivity index (χ2n) is 3.67. The topological polar surface area (TPSA) is 4.93 Å². The van der Waals surface area contributed by atoms with Gasteiger partial charge in [-0.05, 0) is 12.1 Å². The van der Waals surface area contributed by atoms with E-state index in [0.717, 1.165) is 6.54 Å². The fourth-order valence-corrected chi connectivity index (χ4v) is 1.49. The number of alkyl halides is 1. The van der Waals surface area contributed by atoms with Crippen molar-refractivity contribution in [3.8, 4) is 0 Å². The Balaban J connectivity index is 0. The molecular weight excluding hydrogens is 241 g/mol. The van der Waals surface area contributed by atoms with Gasteiger partial charge in [0.25, 0.3) is 0 Å². The smallest absolute Gasteiger partial charge is 0.0403 e. The molecule has 1 nitrogen and oxygen atoms in total. The summed E-state index contributed by atoms with van der Waals surface area (Å²) in [6, 6.07) is 3.99. The highest BCUT2D eigenvalue weighted by molar-refractivity contribution is 6.17. The molecular formula is C13H25Cl2N. The molecule has 0 unspecified atom stereocenters. The number of unbranched alkanes of at least 4 members (excludes halogenated alkanes) is 4. The van der Waals surface area contributed by atoms with Crippen LogP contribution in [0.5, 0.6) is 0 Å². The molecule has 0 N–H and O–H groups in total. The fraction of sp³-hybridized carbons (Fsp3) is 0.692. The quantitative estimate of drug-likeness (QED) is 0.497. The van der Waals surface area contributed by atoms with Crippen molar-refractivity contribution in [2.45, 2.75) is 52.5 Å². The van der Waals surface area contributed by atoms with E-state index in [0.29, 0.717) is 5.88 Å². The zero-order valence-corrected chi connectivity index (χ0v) is 12.1. The first-order chi connectivity index (χ1) is 7.35. The standard InChI is InChI=1S/C7H16.C6H8ClN.ClH/c1-3-5-7-6-4-2;7-3-6-8-4-1-2-5-8;/h3-7H2,1-2H3;1-2,4-5H,3,6H2;1H. The van der Waals surface area contributed by atoms with E-state index in [2.05, 4.69) is 13.8 Å². The van der Waals surface area contributed by atoms with Crippen LogP contribution >= 0.6 is 24.0 Å². The Kier molecular flexibility index (Phi) is 16.9. The molecule has 1 aromatic rings. The normalized spacial score (nSPS) is 8.94. The molecule has 0 radical (unpaired) electrons. The van der Waals surface area contributed by atoms with Crippen LogP contribution < -0.4 is 0 Å². The Labute approximate surface area is 112 Å². The van der Waals surface area contributed by atoms with E-state index in [1.165, 1.54) is 32.1 Å². The lowest BCUT2D eigenvalue weighted by Crippen LogP contribution is -1.93. The number of hydrogen-bond donors (Lipinski definition) is 0. The van der Waals surface area contributed by atoms with Crippen LogP contribution in [0.1, 0.15) is 46.0 Å². The van der Waals surface area contributed by atoms with Gasteiger partial charge in [0.05, 0.1) is 0 Å². The van der Waals surface area contributed by atoms with E-state index in [1.807, 2.05) is 29.1 Å². The van der Waals surface area contributed by atoms with E-state index < -0.39 is 0 Å². The largest absolute Gasteiger partial charge is 0.353 e. The van der Waals surface area contributed by atoms with Crippen molar-refractivity contribution in [3.05, 3.63) is 24.5 Å². The van der Waals surface area contributed by atoms with E-state index in [-0.39, 0.29) is 12.4 Å². The molecule has 0 atom stereocenters. The molecule has 0 aromatic carbocycles. The number of halogens is 2. The van der Waals surface area contributed by atoms with Crippen molar-refractivity contribution in [3.63, 3.8) is 0 Å². The molecule has 0 saturated carbocycles. The first-order valence-corrected chi connectivity index (χ1v) is 6.55. The van der Waals surface area contributed by atoms with Crippen LogP contribution in [0.2, 0.25) is 0 Å². The first kappa shape index (κ1) is 18.2. The summed E-state index contributed by atoms with van der Waals surface area (Å²) in [6.07, 6.45) is 11.0. The van der Waals surface area contributed by atoms with Crippen molar-refractivity contribution < 1.29 is 0 Å². The van der Waals surface area contributed by atoms with Crippen LogP contribution in [0, 0.1) is 0 Å². The molecule has 0 bridgehead atoms. The van der Waals surface area contributed by atoms with E-state index in [9.17, 15) is 0 Å². The summed E-state index contributed by atoms with van der Waals surface area (Å²) in [5, 5.41) is 0. The number of aryl methyl sites for hydroxylation is 1. The van der Waals surface area contributed by atoms with Crippen LogP contribution in [0.15, 0.2) is 24.5 Å². The number of rotatable bonds is 6. The fourth-order valence-electron chi connectivity index (χ4n) is 1.29. The van der Waals surface area contributed by atoms with Crippen molar-refractivity contribution in [1.29, 1.82) is 0 Å².